The molecule has 0 heterocycles. The summed E-state index contributed by atoms with van der Waals surface area (Å²) in [6.45, 7) is 5.34. The number of nitrogens with one attached hydrogen (secondary N) is 1. The van der Waals surface area contributed by atoms with Gasteiger partial charge in [0.15, 0.2) is 0 Å². The van der Waals surface area contributed by atoms with Crippen molar-refractivity contribution in [1.82, 2.24) is 5.32 Å². The van der Waals surface area contributed by atoms with Gasteiger partial charge < -0.3 is 5.32 Å². The Morgan fingerprint density at radius 2 is 1.75 bits per heavy atom. The van der Waals surface area contributed by atoms with Crippen LogP contribution in [0.15, 0.2) is 42.5 Å². The van der Waals surface area contributed by atoms with Gasteiger partial charge in [0, 0.05) is 24.7 Å². The Balaban J connectivity index is 2.01. The molecular formula is C16H18N2O2. The van der Waals surface area contributed by atoms with Crippen LogP contribution in [0.5, 0.6) is 0 Å². The van der Waals surface area contributed by atoms with Crippen molar-refractivity contribution < 1.29 is 4.92 Å². The van der Waals surface area contributed by atoms with E-state index >= 15 is 0 Å². The van der Waals surface area contributed by atoms with Crippen LogP contribution in [0.3, 0.4) is 0 Å². The molecule has 2 aromatic rings. The fourth-order valence-electron chi connectivity index (χ4n) is 2.21. The third-order valence-electron chi connectivity index (χ3n) is 3.32. The van der Waals surface area contributed by atoms with Gasteiger partial charge >= 0.3 is 0 Å². The van der Waals surface area contributed by atoms with Crippen molar-refractivity contribution in [2.45, 2.75) is 26.9 Å². The van der Waals surface area contributed by atoms with Crippen LogP contribution < -0.4 is 5.32 Å². The van der Waals surface area contributed by atoms with Gasteiger partial charge in [-0.3, -0.25) is 10.1 Å². The van der Waals surface area contributed by atoms with Gasteiger partial charge in [-0.1, -0.05) is 42.0 Å². The molecule has 0 saturated carbocycles. The quantitative estimate of drug-likeness (QED) is 0.668. The first kappa shape index (κ1) is 14.2. The zero-order valence-corrected chi connectivity index (χ0v) is 11.7. The molecule has 0 aromatic heterocycles. The molecule has 0 radical (unpaired) electrons. The molecule has 2 aromatic carbocycles. The molecule has 0 atom stereocenters. The molecule has 1 N–H and O–H groups in total. The van der Waals surface area contributed by atoms with Crippen molar-refractivity contribution in [2.24, 2.45) is 0 Å². The lowest BCUT2D eigenvalue weighted by Gasteiger charge is -2.09. The van der Waals surface area contributed by atoms with E-state index in [9.17, 15) is 10.1 Å². The summed E-state index contributed by atoms with van der Waals surface area (Å²) in [5, 5.41) is 14.2. The molecule has 0 saturated heterocycles. The second kappa shape index (κ2) is 6.30. The topological polar surface area (TPSA) is 55.2 Å². The van der Waals surface area contributed by atoms with Crippen molar-refractivity contribution in [2.75, 3.05) is 0 Å². The number of hydrogen-bond donors (Lipinski definition) is 1. The van der Waals surface area contributed by atoms with Gasteiger partial charge in [-0.2, -0.15) is 0 Å². The molecule has 0 spiro atoms. The Morgan fingerprint density at radius 3 is 2.45 bits per heavy atom. The van der Waals surface area contributed by atoms with E-state index in [-0.39, 0.29) is 10.6 Å². The Hall–Kier alpha value is -2.20. The molecule has 0 aliphatic carbocycles. The van der Waals surface area contributed by atoms with E-state index in [2.05, 4.69) is 37.4 Å². The van der Waals surface area contributed by atoms with Crippen molar-refractivity contribution in [3.05, 3.63) is 74.8 Å². The van der Waals surface area contributed by atoms with Crippen molar-refractivity contribution in [3.63, 3.8) is 0 Å². The molecule has 0 aliphatic heterocycles. The number of nitrogens with zero attached hydrogens (tertiary/aromatic N) is 1. The van der Waals surface area contributed by atoms with Gasteiger partial charge in [0.25, 0.3) is 5.69 Å². The van der Waals surface area contributed by atoms with Crippen LogP contribution in [0.4, 0.5) is 5.69 Å². The van der Waals surface area contributed by atoms with Crippen LogP contribution in [-0.2, 0) is 13.1 Å². The Kier molecular flexibility index (Phi) is 4.48. The van der Waals surface area contributed by atoms with E-state index in [0.29, 0.717) is 18.7 Å². The summed E-state index contributed by atoms with van der Waals surface area (Å²) in [6.07, 6.45) is 0. The standard InChI is InChI=1S/C16H18N2O2/c1-12-7-8-14(13(2)9-12)10-17-11-15-5-3-4-6-16(15)18(19)20/h3-9,17H,10-11H2,1-2H3. The summed E-state index contributed by atoms with van der Waals surface area (Å²) in [6, 6.07) is 13.1. The number of para-hydroxylation sites is 1. The second-order valence-electron chi connectivity index (χ2n) is 4.92. The summed E-state index contributed by atoms with van der Waals surface area (Å²) < 4.78 is 0. The summed E-state index contributed by atoms with van der Waals surface area (Å²) in [7, 11) is 0. The second-order valence-corrected chi connectivity index (χ2v) is 4.92. The van der Waals surface area contributed by atoms with Gasteiger partial charge in [0.2, 0.25) is 0 Å². The van der Waals surface area contributed by atoms with Gasteiger partial charge in [-0.25, -0.2) is 0 Å². The Labute approximate surface area is 118 Å². The number of aryl methyl sites for hydroxylation is 2. The molecule has 104 valence electrons. The molecule has 0 amide bonds. The minimum Gasteiger partial charge on any atom is -0.308 e. The van der Waals surface area contributed by atoms with Crippen LogP contribution in [0.1, 0.15) is 22.3 Å². The molecule has 0 unspecified atom stereocenters. The van der Waals surface area contributed by atoms with E-state index in [1.807, 2.05) is 6.07 Å². The van der Waals surface area contributed by atoms with Crippen molar-refractivity contribution in [1.29, 1.82) is 0 Å². The maximum atomic E-state index is 10.9. The van der Waals surface area contributed by atoms with Crippen LogP contribution in [0, 0.1) is 24.0 Å². The van der Waals surface area contributed by atoms with E-state index in [1.54, 1.807) is 12.1 Å². The lowest BCUT2D eigenvalue weighted by atomic mass is 10.1. The minimum absolute atomic E-state index is 0.167. The summed E-state index contributed by atoms with van der Waals surface area (Å²) in [5.41, 5.74) is 4.57. The predicted octanol–water partition coefficient (Wildman–Crippen LogP) is 3.50. The third kappa shape index (κ3) is 3.42. The van der Waals surface area contributed by atoms with Gasteiger partial charge in [-0.05, 0) is 25.0 Å². The number of benzene rings is 2. The molecule has 2 rings (SSSR count). The normalized spacial score (nSPS) is 10.5. The van der Waals surface area contributed by atoms with Crippen molar-refractivity contribution >= 4 is 5.69 Å². The lowest BCUT2D eigenvalue weighted by molar-refractivity contribution is -0.385. The maximum absolute atomic E-state index is 10.9. The molecule has 4 nitrogen and oxygen atoms in total. The zero-order chi connectivity index (χ0) is 14.5. The van der Waals surface area contributed by atoms with Crippen LogP contribution in [0.2, 0.25) is 0 Å². The van der Waals surface area contributed by atoms with Crippen molar-refractivity contribution in [3.8, 4) is 0 Å². The average Bonchev–Trinajstić information content (AvgIpc) is 2.41. The molecule has 0 bridgehead atoms. The summed E-state index contributed by atoms with van der Waals surface area (Å²) in [4.78, 5) is 10.6. The number of hydrogen-bond acceptors (Lipinski definition) is 3. The highest BCUT2D eigenvalue weighted by Crippen LogP contribution is 2.17. The molecule has 20 heavy (non-hydrogen) atoms. The smallest absolute Gasteiger partial charge is 0.273 e. The Bertz CT molecular complexity index is 624. The first-order valence-electron chi connectivity index (χ1n) is 6.57. The first-order chi connectivity index (χ1) is 9.58. The zero-order valence-electron chi connectivity index (χ0n) is 11.7. The number of nitro benzene ring substituents is 1. The highest BCUT2D eigenvalue weighted by Gasteiger charge is 2.11. The van der Waals surface area contributed by atoms with Crippen LogP contribution >= 0.6 is 0 Å². The van der Waals surface area contributed by atoms with E-state index in [1.165, 1.54) is 22.8 Å². The van der Waals surface area contributed by atoms with Gasteiger partial charge in [-0.15, -0.1) is 0 Å². The molecular weight excluding hydrogens is 252 g/mol. The number of nitro groups is 1. The third-order valence-corrected chi connectivity index (χ3v) is 3.32. The highest BCUT2D eigenvalue weighted by atomic mass is 16.6. The minimum atomic E-state index is -0.339. The van der Waals surface area contributed by atoms with Gasteiger partial charge in [0.05, 0.1) is 4.92 Å². The van der Waals surface area contributed by atoms with E-state index in [4.69, 9.17) is 0 Å². The molecule has 4 heteroatoms. The monoisotopic (exact) mass is 270 g/mol. The van der Waals surface area contributed by atoms with E-state index in [0.717, 1.165) is 0 Å². The largest absolute Gasteiger partial charge is 0.308 e. The lowest BCUT2D eigenvalue weighted by Crippen LogP contribution is -2.14. The van der Waals surface area contributed by atoms with E-state index < -0.39 is 0 Å². The Morgan fingerprint density at radius 1 is 1.05 bits per heavy atom. The SMILES string of the molecule is Cc1ccc(CNCc2ccccc2[N+](=O)[O-])c(C)c1. The first-order valence-corrected chi connectivity index (χ1v) is 6.57. The summed E-state index contributed by atoms with van der Waals surface area (Å²) in [5.74, 6) is 0. The fourth-order valence-corrected chi connectivity index (χ4v) is 2.21. The predicted molar refractivity (Wildman–Crippen MR) is 79.6 cm³/mol. The highest BCUT2D eigenvalue weighted by molar-refractivity contribution is 5.39. The number of rotatable bonds is 5. The van der Waals surface area contributed by atoms with Crippen LogP contribution in [-0.4, -0.2) is 4.92 Å². The fraction of sp³-hybridized carbons (Fsp3) is 0.250. The average molecular weight is 270 g/mol. The van der Waals surface area contributed by atoms with Gasteiger partial charge in [0.1, 0.15) is 0 Å². The maximum Gasteiger partial charge on any atom is 0.273 e. The van der Waals surface area contributed by atoms with Crippen LogP contribution in [0.25, 0.3) is 0 Å². The molecule has 0 aliphatic rings. The molecule has 0 fully saturated rings. The summed E-state index contributed by atoms with van der Waals surface area (Å²) >= 11 is 0.